The Kier molecular flexibility index (Phi) is 6.68. The van der Waals surface area contributed by atoms with Crippen LogP contribution in [0, 0.1) is 11.3 Å². The van der Waals surface area contributed by atoms with Crippen LogP contribution in [0.3, 0.4) is 0 Å². The number of aliphatic carboxylic acids is 1. The van der Waals surface area contributed by atoms with Gasteiger partial charge in [-0.2, -0.15) is 5.26 Å². The first-order chi connectivity index (χ1) is 14.9. The molecule has 0 aromatic heterocycles. The van der Waals surface area contributed by atoms with Crippen molar-refractivity contribution in [2.45, 2.75) is 19.8 Å². The number of esters is 1. The zero-order valence-corrected chi connectivity index (χ0v) is 17.3. The number of carboxylic acids is 1. The van der Waals surface area contributed by atoms with Crippen molar-refractivity contribution in [3.63, 3.8) is 0 Å². The van der Waals surface area contributed by atoms with Crippen LogP contribution in [0.4, 0.5) is 0 Å². The van der Waals surface area contributed by atoms with Crippen molar-refractivity contribution in [1.29, 1.82) is 5.26 Å². The van der Waals surface area contributed by atoms with Gasteiger partial charge in [-0.15, -0.1) is 0 Å². The normalized spacial score (nSPS) is 16.1. The number of nitrogens with zero attached hydrogens (tertiary/aromatic N) is 1. The van der Waals surface area contributed by atoms with E-state index in [-0.39, 0.29) is 17.8 Å². The van der Waals surface area contributed by atoms with Crippen LogP contribution in [-0.2, 0) is 14.3 Å². The van der Waals surface area contributed by atoms with Crippen LogP contribution in [0.5, 0.6) is 0 Å². The maximum Gasteiger partial charge on any atom is 0.337 e. The van der Waals surface area contributed by atoms with E-state index in [2.05, 4.69) is 5.32 Å². The van der Waals surface area contributed by atoms with Crippen molar-refractivity contribution in [3.8, 4) is 6.07 Å². The lowest BCUT2D eigenvalue weighted by molar-refractivity contribution is -0.138. The van der Waals surface area contributed by atoms with Gasteiger partial charge in [0.25, 0.3) is 0 Å². The Hall–Kier alpha value is -4.11. The molecule has 3 rings (SSSR count). The van der Waals surface area contributed by atoms with E-state index in [9.17, 15) is 14.7 Å². The molecule has 2 N–H and O–H groups in total. The maximum atomic E-state index is 13.0. The van der Waals surface area contributed by atoms with Gasteiger partial charge in [-0.25, -0.2) is 9.59 Å². The summed E-state index contributed by atoms with van der Waals surface area (Å²) in [5.74, 6) is -2.53. The molecule has 0 fully saturated rings. The molecule has 0 radical (unpaired) electrons. The van der Waals surface area contributed by atoms with E-state index in [1.54, 1.807) is 44.2 Å². The van der Waals surface area contributed by atoms with Crippen LogP contribution in [0.15, 0.2) is 83.2 Å². The first-order valence-corrected chi connectivity index (χ1v) is 9.73. The molecule has 1 unspecified atom stereocenters. The average molecular weight is 414 g/mol. The predicted octanol–water partition coefficient (Wildman–Crippen LogP) is 4.13. The highest BCUT2D eigenvalue weighted by Gasteiger charge is 2.37. The quantitative estimate of drug-likeness (QED) is 0.690. The fourth-order valence-electron chi connectivity index (χ4n) is 3.58. The molecule has 0 bridgehead atoms. The van der Waals surface area contributed by atoms with E-state index in [1.807, 2.05) is 42.5 Å². The van der Waals surface area contributed by atoms with Crippen molar-refractivity contribution in [2.24, 2.45) is 0 Å². The molecular weight excluding hydrogens is 392 g/mol. The number of hydrogen-bond acceptors (Lipinski definition) is 5. The molecular formula is C25H22N2O4. The first kappa shape index (κ1) is 21.6. The SMILES string of the molecule is CC1=C(C(=O)O)C(c2ccc(C#N)cc2)C(C(=O)OC/C=C/c2ccccc2)=C(C)N1. The standard InChI is InChI=1S/C25H22N2O4/c1-16-21(24(28)29)23(20-12-10-19(15-26)11-13-20)22(17(2)27-16)25(30)31-14-6-9-18-7-4-3-5-8-18/h3-13,23,27H,14H2,1-2H3,(H,28,29)/b9-6+. The lowest BCUT2D eigenvalue weighted by Crippen LogP contribution is -2.31. The van der Waals surface area contributed by atoms with Crippen LogP contribution in [0.2, 0.25) is 0 Å². The summed E-state index contributed by atoms with van der Waals surface area (Å²) in [7, 11) is 0. The minimum absolute atomic E-state index is 0.0513. The molecule has 0 amide bonds. The van der Waals surface area contributed by atoms with Crippen LogP contribution in [0.25, 0.3) is 6.08 Å². The largest absolute Gasteiger partial charge is 0.478 e. The highest BCUT2D eigenvalue weighted by Crippen LogP contribution is 2.38. The molecule has 0 saturated heterocycles. The lowest BCUT2D eigenvalue weighted by atomic mass is 9.80. The van der Waals surface area contributed by atoms with Crippen molar-refractivity contribution in [2.75, 3.05) is 6.61 Å². The zero-order chi connectivity index (χ0) is 22.4. The van der Waals surface area contributed by atoms with E-state index >= 15 is 0 Å². The number of allylic oxidation sites excluding steroid dienone is 2. The molecule has 1 aliphatic heterocycles. The van der Waals surface area contributed by atoms with Crippen LogP contribution < -0.4 is 5.32 Å². The van der Waals surface area contributed by atoms with E-state index in [1.165, 1.54) is 0 Å². The number of hydrogen-bond donors (Lipinski definition) is 2. The van der Waals surface area contributed by atoms with Gasteiger partial charge in [-0.05, 0) is 43.2 Å². The van der Waals surface area contributed by atoms with E-state index in [0.717, 1.165) is 5.56 Å². The number of carboxylic acid groups (broad SMARTS) is 1. The summed E-state index contributed by atoms with van der Waals surface area (Å²) in [6.07, 6.45) is 3.58. The minimum atomic E-state index is -1.12. The van der Waals surface area contributed by atoms with Crippen LogP contribution in [0.1, 0.15) is 36.5 Å². The van der Waals surface area contributed by atoms with Gasteiger partial charge >= 0.3 is 11.9 Å². The molecule has 6 heteroatoms. The van der Waals surface area contributed by atoms with Gasteiger partial charge in [0.05, 0.1) is 28.7 Å². The smallest absolute Gasteiger partial charge is 0.337 e. The zero-order valence-electron chi connectivity index (χ0n) is 17.3. The van der Waals surface area contributed by atoms with Crippen molar-refractivity contribution in [1.82, 2.24) is 5.32 Å². The molecule has 1 aliphatic rings. The summed E-state index contributed by atoms with van der Waals surface area (Å²) < 4.78 is 5.44. The molecule has 2 aromatic rings. The molecule has 1 atom stereocenters. The first-order valence-electron chi connectivity index (χ1n) is 9.73. The van der Waals surface area contributed by atoms with Gasteiger partial charge in [-0.3, -0.25) is 0 Å². The number of ether oxygens (including phenoxy) is 1. The van der Waals surface area contributed by atoms with Crippen LogP contribution >= 0.6 is 0 Å². The summed E-state index contributed by atoms with van der Waals surface area (Å²) >= 11 is 0. The number of rotatable bonds is 6. The van der Waals surface area contributed by atoms with Gasteiger partial charge in [-0.1, -0.05) is 48.5 Å². The van der Waals surface area contributed by atoms with E-state index in [4.69, 9.17) is 10.00 Å². The Morgan fingerprint density at radius 3 is 2.32 bits per heavy atom. The van der Waals surface area contributed by atoms with Gasteiger partial charge < -0.3 is 15.2 Å². The van der Waals surface area contributed by atoms with Gasteiger partial charge in [0.1, 0.15) is 6.61 Å². The molecule has 1 heterocycles. The summed E-state index contributed by atoms with van der Waals surface area (Å²) in [6.45, 7) is 3.43. The number of benzene rings is 2. The second-order valence-electron chi connectivity index (χ2n) is 7.09. The Morgan fingerprint density at radius 1 is 1.06 bits per heavy atom. The third-order valence-electron chi connectivity index (χ3n) is 5.00. The van der Waals surface area contributed by atoms with E-state index in [0.29, 0.717) is 22.5 Å². The average Bonchev–Trinajstić information content (AvgIpc) is 2.76. The predicted molar refractivity (Wildman–Crippen MR) is 117 cm³/mol. The molecule has 31 heavy (non-hydrogen) atoms. The fourth-order valence-corrected chi connectivity index (χ4v) is 3.58. The molecule has 0 spiro atoms. The second kappa shape index (κ2) is 9.59. The third-order valence-corrected chi connectivity index (χ3v) is 5.00. The number of nitrogens with one attached hydrogen (secondary N) is 1. The second-order valence-corrected chi connectivity index (χ2v) is 7.09. The van der Waals surface area contributed by atoms with Crippen molar-refractivity contribution < 1.29 is 19.4 Å². The fraction of sp³-hybridized carbons (Fsp3) is 0.160. The van der Waals surface area contributed by atoms with Gasteiger partial charge in [0, 0.05) is 11.4 Å². The summed E-state index contributed by atoms with van der Waals surface area (Å²) in [4.78, 5) is 25.0. The Bertz CT molecular complexity index is 1120. The summed E-state index contributed by atoms with van der Waals surface area (Å²) in [5, 5.41) is 21.9. The van der Waals surface area contributed by atoms with E-state index < -0.39 is 17.9 Å². The molecule has 6 nitrogen and oxygen atoms in total. The Labute approximate surface area is 180 Å². The number of carbonyl (C=O) groups excluding carboxylic acids is 1. The number of nitriles is 1. The molecule has 2 aromatic carbocycles. The Morgan fingerprint density at radius 2 is 1.71 bits per heavy atom. The van der Waals surface area contributed by atoms with Gasteiger partial charge in [0.15, 0.2) is 0 Å². The topological polar surface area (TPSA) is 99.4 Å². The number of dihydropyridines is 1. The third kappa shape index (κ3) is 4.90. The summed E-state index contributed by atoms with van der Waals surface area (Å²) in [6, 6.07) is 18.2. The monoisotopic (exact) mass is 414 g/mol. The molecule has 0 aliphatic carbocycles. The van der Waals surface area contributed by atoms with Crippen molar-refractivity contribution >= 4 is 18.0 Å². The molecule has 0 saturated carbocycles. The number of carbonyl (C=O) groups is 2. The minimum Gasteiger partial charge on any atom is -0.478 e. The molecule has 156 valence electrons. The van der Waals surface area contributed by atoms with Gasteiger partial charge in [0.2, 0.25) is 0 Å². The van der Waals surface area contributed by atoms with Crippen molar-refractivity contribution in [3.05, 3.63) is 99.9 Å². The Balaban J connectivity index is 1.88. The maximum absolute atomic E-state index is 13.0. The highest BCUT2D eigenvalue weighted by molar-refractivity contribution is 5.99. The highest BCUT2D eigenvalue weighted by atomic mass is 16.5. The van der Waals surface area contributed by atoms with Crippen LogP contribution in [-0.4, -0.2) is 23.7 Å². The lowest BCUT2D eigenvalue weighted by Gasteiger charge is -2.29. The summed E-state index contributed by atoms with van der Waals surface area (Å²) in [5.41, 5.74) is 3.33.